The van der Waals surface area contributed by atoms with Gasteiger partial charge in [-0.1, -0.05) is 20.8 Å². The van der Waals surface area contributed by atoms with E-state index in [-0.39, 0.29) is 0 Å². The molecule has 1 N–H and O–H groups in total. The van der Waals surface area contributed by atoms with E-state index in [4.69, 9.17) is 0 Å². The van der Waals surface area contributed by atoms with Gasteiger partial charge in [0.2, 0.25) is 0 Å². The topological polar surface area (TPSA) is 12.0 Å². The molecule has 1 nitrogen and oxygen atoms in total. The number of rotatable bonds is 4. The van der Waals surface area contributed by atoms with Crippen LogP contribution < -0.4 is 5.32 Å². The Kier molecular flexibility index (Phi) is 4.09. The highest BCUT2D eigenvalue weighted by Crippen LogP contribution is 2.21. The maximum atomic E-state index is 3.33. The van der Waals surface area contributed by atoms with Crippen LogP contribution in [0.15, 0.2) is 0 Å². The zero-order chi connectivity index (χ0) is 9.07. The van der Waals surface area contributed by atoms with E-state index < -0.39 is 0 Å². The van der Waals surface area contributed by atoms with Crippen LogP contribution >= 0.6 is 0 Å². The normalized spacial score (nSPS) is 15.5. The summed E-state index contributed by atoms with van der Waals surface area (Å²) in [7, 11) is 2.03. The fourth-order valence-corrected chi connectivity index (χ4v) is 1.14. The van der Waals surface area contributed by atoms with Crippen LogP contribution in [0.3, 0.4) is 0 Å². The zero-order valence-corrected chi connectivity index (χ0v) is 8.86. The molecular formula is C10H23N. The quantitative estimate of drug-likeness (QED) is 0.661. The highest BCUT2D eigenvalue weighted by Gasteiger charge is 2.19. The summed E-state index contributed by atoms with van der Waals surface area (Å²) < 4.78 is 0. The minimum atomic E-state index is 0.295. The van der Waals surface area contributed by atoms with Crippen molar-refractivity contribution in [2.45, 2.75) is 46.6 Å². The summed E-state index contributed by atoms with van der Waals surface area (Å²) in [6.07, 6.45) is 1.25. The lowest BCUT2D eigenvalue weighted by Gasteiger charge is -2.29. The van der Waals surface area contributed by atoms with Crippen LogP contribution in [0.25, 0.3) is 0 Å². The van der Waals surface area contributed by atoms with Gasteiger partial charge in [-0.3, -0.25) is 0 Å². The molecule has 0 fully saturated rings. The van der Waals surface area contributed by atoms with Crippen molar-refractivity contribution >= 4 is 0 Å². The Balaban J connectivity index is 3.83. The molecule has 11 heavy (non-hydrogen) atoms. The first kappa shape index (κ1) is 11.0. The van der Waals surface area contributed by atoms with Gasteiger partial charge in [0.1, 0.15) is 0 Å². The Labute approximate surface area is 71.6 Å². The predicted molar refractivity (Wildman–Crippen MR) is 51.8 cm³/mol. The van der Waals surface area contributed by atoms with Crippen LogP contribution in [-0.2, 0) is 0 Å². The Morgan fingerprint density at radius 3 is 1.91 bits per heavy atom. The third-order valence-electron chi connectivity index (χ3n) is 2.65. The van der Waals surface area contributed by atoms with E-state index in [1.165, 1.54) is 6.42 Å². The van der Waals surface area contributed by atoms with Gasteiger partial charge >= 0.3 is 0 Å². The van der Waals surface area contributed by atoms with E-state index in [9.17, 15) is 0 Å². The molecular weight excluding hydrogens is 134 g/mol. The Hall–Kier alpha value is -0.0400. The summed E-state index contributed by atoms with van der Waals surface area (Å²) in [5, 5.41) is 3.33. The summed E-state index contributed by atoms with van der Waals surface area (Å²) >= 11 is 0. The molecule has 0 aliphatic carbocycles. The number of hydrogen-bond donors (Lipinski definition) is 1. The van der Waals surface area contributed by atoms with Gasteiger partial charge in [0.05, 0.1) is 0 Å². The molecule has 0 rings (SSSR count). The second-order valence-corrected chi connectivity index (χ2v) is 4.56. The molecule has 1 unspecified atom stereocenters. The summed E-state index contributed by atoms with van der Waals surface area (Å²) in [6, 6.07) is 0. The van der Waals surface area contributed by atoms with E-state index in [0.29, 0.717) is 5.54 Å². The van der Waals surface area contributed by atoms with E-state index in [2.05, 4.69) is 39.9 Å². The SMILES string of the molecule is CNC(C)(C)CC(C)C(C)C. The molecule has 0 radical (unpaired) electrons. The average molecular weight is 157 g/mol. The van der Waals surface area contributed by atoms with Gasteiger partial charge in [-0.25, -0.2) is 0 Å². The van der Waals surface area contributed by atoms with Crippen molar-refractivity contribution in [2.24, 2.45) is 11.8 Å². The summed E-state index contributed by atoms with van der Waals surface area (Å²) in [5.74, 6) is 1.60. The largest absolute Gasteiger partial charge is 0.315 e. The number of nitrogens with one attached hydrogen (secondary N) is 1. The smallest absolute Gasteiger partial charge is 0.0124 e. The molecule has 1 atom stereocenters. The Morgan fingerprint density at radius 2 is 1.64 bits per heavy atom. The maximum Gasteiger partial charge on any atom is 0.0124 e. The van der Waals surface area contributed by atoms with Crippen LogP contribution in [-0.4, -0.2) is 12.6 Å². The molecule has 1 heteroatoms. The third-order valence-corrected chi connectivity index (χ3v) is 2.65. The Bertz CT molecular complexity index is 105. The molecule has 68 valence electrons. The van der Waals surface area contributed by atoms with Crippen LogP contribution in [0.4, 0.5) is 0 Å². The van der Waals surface area contributed by atoms with Crippen LogP contribution in [0, 0.1) is 11.8 Å². The lowest BCUT2D eigenvalue weighted by molar-refractivity contribution is 0.278. The lowest BCUT2D eigenvalue weighted by atomic mass is 9.85. The summed E-state index contributed by atoms with van der Waals surface area (Å²) in [5.41, 5.74) is 0.295. The average Bonchev–Trinajstić information content (AvgIpc) is 1.87. The van der Waals surface area contributed by atoms with Gasteiger partial charge in [0.25, 0.3) is 0 Å². The van der Waals surface area contributed by atoms with Crippen molar-refractivity contribution in [1.29, 1.82) is 0 Å². The fourth-order valence-electron chi connectivity index (χ4n) is 1.14. The molecule has 0 aliphatic heterocycles. The second-order valence-electron chi connectivity index (χ2n) is 4.56. The van der Waals surface area contributed by atoms with Gasteiger partial charge in [-0.05, 0) is 39.2 Å². The van der Waals surface area contributed by atoms with Gasteiger partial charge in [0.15, 0.2) is 0 Å². The minimum Gasteiger partial charge on any atom is -0.315 e. The third kappa shape index (κ3) is 4.41. The van der Waals surface area contributed by atoms with Gasteiger partial charge in [-0.15, -0.1) is 0 Å². The standard InChI is InChI=1S/C10H23N/c1-8(2)9(3)7-10(4,5)11-6/h8-9,11H,7H2,1-6H3. The molecule has 0 amide bonds. The molecule has 0 aromatic rings. The number of hydrogen-bond acceptors (Lipinski definition) is 1. The van der Waals surface area contributed by atoms with Crippen molar-refractivity contribution in [3.63, 3.8) is 0 Å². The first-order valence-electron chi connectivity index (χ1n) is 4.58. The van der Waals surface area contributed by atoms with Crippen LogP contribution in [0.1, 0.15) is 41.0 Å². The lowest BCUT2D eigenvalue weighted by Crippen LogP contribution is -2.38. The fraction of sp³-hybridized carbons (Fsp3) is 1.00. The maximum absolute atomic E-state index is 3.33. The van der Waals surface area contributed by atoms with Crippen molar-refractivity contribution in [2.75, 3.05) is 7.05 Å². The van der Waals surface area contributed by atoms with Gasteiger partial charge in [-0.2, -0.15) is 0 Å². The predicted octanol–water partition coefficient (Wildman–Crippen LogP) is 2.67. The Morgan fingerprint density at radius 1 is 1.18 bits per heavy atom. The molecule has 0 bridgehead atoms. The van der Waals surface area contributed by atoms with E-state index >= 15 is 0 Å². The molecule has 0 aromatic heterocycles. The molecule has 0 heterocycles. The van der Waals surface area contributed by atoms with E-state index in [1.54, 1.807) is 0 Å². The molecule has 0 aromatic carbocycles. The van der Waals surface area contributed by atoms with E-state index in [0.717, 1.165) is 11.8 Å². The van der Waals surface area contributed by atoms with Crippen molar-refractivity contribution < 1.29 is 0 Å². The van der Waals surface area contributed by atoms with Crippen LogP contribution in [0.5, 0.6) is 0 Å². The van der Waals surface area contributed by atoms with E-state index in [1.807, 2.05) is 7.05 Å². The molecule has 0 aliphatic rings. The first-order chi connectivity index (χ1) is 4.89. The van der Waals surface area contributed by atoms with Gasteiger partial charge in [0, 0.05) is 5.54 Å². The van der Waals surface area contributed by atoms with Crippen LogP contribution in [0.2, 0.25) is 0 Å². The van der Waals surface area contributed by atoms with Gasteiger partial charge < -0.3 is 5.32 Å². The highest BCUT2D eigenvalue weighted by molar-refractivity contribution is 4.78. The summed E-state index contributed by atoms with van der Waals surface area (Å²) in [4.78, 5) is 0. The van der Waals surface area contributed by atoms with Crippen molar-refractivity contribution in [3.8, 4) is 0 Å². The monoisotopic (exact) mass is 157 g/mol. The molecule has 0 saturated carbocycles. The first-order valence-corrected chi connectivity index (χ1v) is 4.58. The van der Waals surface area contributed by atoms with Crippen molar-refractivity contribution in [1.82, 2.24) is 5.32 Å². The highest BCUT2D eigenvalue weighted by atomic mass is 14.9. The van der Waals surface area contributed by atoms with Crippen molar-refractivity contribution in [3.05, 3.63) is 0 Å². The molecule has 0 saturated heterocycles. The minimum absolute atomic E-state index is 0.295. The summed E-state index contributed by atoms with van der Waals surface area (Å²) in [6.45, 7) is 11.4. The molecule has 0 spiro atoms. The zero-order valence-electron chi connectivity index (χ0n) is 8.86. The second kappa shape index (κ2) is 4.10.